The molecule has 0 aliphatic rings. The van der Waals surface area contributed by atoms with Crippen LogP contribution in [0, 0.1) is 0 Å². The second-order valence-corrected chi connectivity index (χ2v) is 1.97. The van der Waals surface area contributed by atoms with Crippen LogP contribution in [-0.2, 0) is 4.79 Å². The summed E-state index contributed by atoms with van der Waals surface area (Å²) < 4.78 is 0. The number of carbonyl (C=O) groups is 2. The Labute approximate surface area is 68.4 Å². The highest BCUT2D eigenvalue weighted by atomic mass is 16.4. The average molecular weight is 174 g/mol. The lowest BCUT2D eigenvalue weighted by molar-refractivity contribution is -0.138. The van der Waals surface area contributed by atoms with Gasteiger partial charge in [-0.15, -0.1) is 0 Å². The van der Waals surface area contributed by atoms with Crippen molar-refractivity contribution in [1.82, 2.24) is 5.43 Å². The normalized spacial score (nSPS) is 12.8. The van der Waals surface area contributed by atoms with Gasteiger partial charge >= 0.3 is 12.0 Å². The molecular formula is C5H10N4O3. The molecule has 7 nitrogen and oxygen atoms in total. The molecule has 12 heavy (non-hydrogen) atoms. The Kier molecular flexibility index (Phi) is 4.39. The largest absolute Gasteiger partial charge is 0.480 e. The summed E-state index contributed by atoms with van der Waals surface area (Å²) in [4.78, 5) is 20.2. The Balaban J connectivity index is 3.60. The van der Waals surface area contributed by atoms with Crippen molar-refractivity contribution in [1.29, 1.82) is 0 Å². The zero-order valence-electron chi connectivity index (χ0n) is 6.23. The molecule has 0 saturated heterocycles. The van der Waals surface area contributed by atoms with E-state index in [4.69, 9.17) is 10.8 Å². The number of hydrogen-bond acceptors (Lipinski definition) is 4. The zero-order chi connectivity index (χ0) is 9.56. The molecule has 0 aromatic carbocycles. The molecule has 0 aromatic heterocycles. The first-order valence-electron chi connectivity index (χ1n) is 3.09. The summed E-state index contributed by atoms with van der Waals surface area (Å²) in [7, 11) is 0. The highest BCUT2D eigenvalue weighted by Gasteiger charge is 2.08. The zero-order valence-corrected chi connectivity index (χ0v) is 6.23. The summed E-state index contributed by atoms with van der Waals surface area (Å²) in [5.41, 5.74) is 11.7. The standard InChI is InChI=1S/C5H10N4O3/c6-3(4(10)11)1-2-8-9-5(7)12/h2-3H,1,6H2,(H,10,11)(H3,7,9,12). The van der Waals surface area contributed by atoms with E-state index in [0.29, 0.717) is 0 Å². The number of aliphatic carboxylic acids is 1. The molecule has 0 aliphatic carbocycles. The third-order valence-corrected chi connectivity index (χ3v) is 0.943. The van der Waals surface area contributed by atoms with Gasteiger partial charge in [0.05, 0.1) is 0 Å². The molecule has 0 saturated carbocycles. The highest BCUT2D eigenvalue weighted by molar-refractivity contribution is 5.78. The molecule has 0 radical (unpaired) electrons. The quantitative estimate of drug-likeness (QED) is 0.303. The van der Waals surface area contributed by atoms with Crippen molar-refractivity contribution in [2.24, 2.45) is 16.6 Å². The maximum absolute atomic E-state index is 10.1. The van der Waals surface area contributed by atoms with Crippen molar-refractivity contribution in [3.8, 4) is 0 Å². The van der Waals surface area contributed by atoms with Crippen LogP contribution in [0.2, 0.25) is 0 Å². The minimum atomic E-state index is -1.12. The van der Waals surface area contributed by atoms with Crippen LogP contribution in [0.15, 0.2) is 5.10 Å². The Morgan fingerprint density at radius 3 is 2.67 bits per heavy atom. The van der Waals surface area contributed by atoms with Gasteiger partial charge < -0.3 is 16.6 Å². The summed E-state index contributed by atoms with van der Waals surface area (Å²) >= 11 is 0. The third kappa shape index (κ3) is 5.18. The number of hydrazone groups is 1. The van der Waals surface area contributed by atoms with Crippen molar-refractivity contribution in [2.75, 3.05) is 0 Å². The second-order valence-electron chi connectivity index (χ2n) is 1.97. The molecular weight excluding hydrogens is 164 g/mol. The fourth-order valence-electron chi connectivity index (χ4n) is 0.376. The number of rotatable bonds is 4. The van der Waals surface area contributed by atoms with Crippen molar-refractivity contribution < 1.29 is 14.7 Å². The lowest BCUT2D eigenvalue weighted by atomic mass is 10.2. The lowest BCUT2D eigenvalue weighted by Gasteiger charge is -1.99. The third-order valence-electron chi connectivity index (χ3n) is 0.943. The molecule has 0 spiro atoms. The number of nitrogens with zero attached hydrogens (tertiary/aromatic N) is 1. The average Bonchev–Trinajstić information content (AvgIpc) is 1.97. The molecule has 1 atom stereocenters. The summed E-state index contributed by atoms with van der Waals surface area (Å²) in [6.07, 6.45) is 1.21. The van der Waals surface area contributed by atoms with E-state index in [1.807, 2.05) is 5.43 Å². The number of carboxylic acids is 1. The van der Waals surface area contributed by atoms with Crippen molar-refractivity contribution >= 4 is 18.2 Å². The summed E-state index contributed by atoms with van der Waals surface area (Å²) in [5.74, 6) is -1.12. The summed E-state index contributed by atoms with van der Waals surface area (Å²) in [6.45, 7) is 0. The molecule has 7 heteroatoms. The minimum absolute atomic E-state index is 0.0373. The van der Waals surface area contributed by atoms with Gasteiger partial charge in [0.15, 0.2) is 0 Å². The van der Waals surface area contributed by atoms with Crippen LogP contribution in [0.1, 0.15) is 6.42 Å². The molecule has 0 heterocycles. The van der Waals surface area contributed by atoms with Crippen LogP contribution in [0.3, 0.4) is 0 Å². The molecule has 0 rings (SSSR count). The number of amides is 2. The Morgan fingerprint density at radius 2 is 2.25 bits per heavy atom. The first-order valence-corrected chi connectivity index (χ1v) is 3.09. The van der Waals surface area contributed by atoms with Crippen LogP contribution in [0.5, 0.6) is 0 Å². The molecule has 0 aromatic rings. The van der Waals surface area contributed by atoms with Gasteiger partial charge in [0, 0.05) is 12.6 Å². The predicted molar refractivity (Wildman–Crippen MR) is 41.4 cm³/mol. The van der Waals surface area contributed by atoms with Gasteiger partial charge in [-0.3, -0.25) is 4.79 Å². The Bertz CT molecular complexity index is 203. The van der Waals surface area contributed by atoms with E-state index in [-0.39, 0.29) is 6.42 Å². The van der Waals surface area contributed by atoms with Crippen molar-refractivity contribution in [2.45, 2.75) is 12.5 Å². The Hall–Kier alpha value is -1.63. The number of urea groups is 1. The number of nitrogens with one attached hydrogen (secondary N) is 1. The monoisotopic (exact) mass is 174 g/mol. The van der Waals surface area contributed by atoms with Gasteiger partial charge in [-0.2, -0.15) is 5.10 Å². The van der Waals surface area contributed by atoms with Gasteiger partial charge in [0.2, 0.25) is 0 Å². The van der Waals surface area contributed by atoms with Crippen LogP contribution < -0.4 is 16.9 Å². The van der Waals surface area contributed by atoms with Gasteiger partial charge in [0.25, 0.3) is 0 Å². The van der Waals surface area contributed by atoms with Crippen LogP contribution in [-0.4, -0.2) is 29.4 Å². The summed E-state index contributed by atoms with van der Waals surface area (Å²) in [6, 6.07) is -1.82. The van der Waals surface area contributed by atoms with E-state index >= 15 is 0 Å². The van der Waals surface area contributed by atoms with E-state index < -0.39 is 18.0 Å². The van der Waals surface area contributed by atoms with Gasteiger partial charge in [-0.05, 0) is 0 Å². The first kappa shape index (κ1) is 10.4. The van der Waals surface area contributed by atoms with Gasteiger partial charge in [-0.25, -0.2) is 10.2 Å². The van der Waals surface area contributed by atoms with Gasteiger partial charge in [0.1, 0.15) is 6.04 Å². The van der Waals surface area contributed by atoms with E-state index in [9.17, 15) is 9.59 Å². The van der Waals surface area contributed by atoms with E-state index in [1.54, 1.807) is 0 Å². The molecule has 2 amide bonds. The smallest absolute Gasteiger partial charge is 0.332 e. The fourth-order valence-corrected chi connectivity index (χ4v) is 0.376. The maximum Gasteiger partial charge on any atom is 0.332 e. The maximum atomic E-state index is 10.1. The number of carboxylic acid groups (broad SMARTS) is 1. The predicted octanol–water partition coefficient (Wildman–Crippen LogP) is -1.56. The molecule has 1 unspecified atom stereocenters. The topological polar surface area (TPSA) is 131 Å². The highest BCUT2D eigenvalue weighted by Crippen LogP contribution is 1.82. The SMILES string of the molecule is NC(=O)NN=CCC(N)C(=O)O. The molecule has 6 N–H and O–H groups in total. The number of carbonyl (C=O) groups excluding carboxylic acids is 1. The number of nitrogens with two attached hydrogens (primary N) is 2. The second kappa shape index (κ2) is 5.08. The molecule has 0 aliphatic heterocycles. The van der Waals surface area contributed by atoms with Gasteiger partial charge in [-0.1, -0.05) is 0 Å². The van der Waals surface area contributed by atoms with Crippen LogP contribution >= 0.6 is 0 Å². The van der Waals surface area contributed by atoms with Crippen LogP contribution in [0.25, 0.3) is 0 Å². The molecule has 0 bridgehead atoms. The van der Waals surface area contributed by atoms with E-state index in [2.05, 4.69) is 10.8 Å². The number of primary amides is 1. The number of hydrogen-bond donors (Lipinski definition) is 4. The van der Waals surface area contributed by atoms with E-state index in [1.165, 1.54) is 6.21 Å². The van der Waals surface area contributed by atoms with Crippen molar-refractivity contribution in [3.63, 3.8) is 0 Å². The first-order chi connectivity index (χ1) is 5.54. The lowest BCUT2D eigenvalue weighted by Crippen LogP contribution is -2.31. The molecule has 0 fully saturated rings. The van der Waals surface area contributed by atoms with Crippen LogP contribution in [0.4, 0.5) is 4.79 Å². The minimum Gasteiger partial charge on any atom is -0.480 e. The fraction of sp³-hybridized carbons (Fsp3) is 0.400. The summed E-state index contributed by atoms with van der Waals surface area (Å²) in [5, 5.41) is 11.6. The van der Waals surface area contributed by atoms with Crippen molar-refractivity contribution in [3.05, 3.63) is 0 Å². The van der Waals surface area contributed by atoms with E-state index in [0.717, 1.165) is 0 Å². The Morgan fingerprint density at radius 1 is 1.67 bits per heavy atom. The molecule has 68 valence electrons.